The summed E-state index contributed by atoms with van der Waals surface area (Å²) in [5, 5.41) is 0. The highest BCUT2D eigenvalue weighted by Crippen LogP contribution is 2.61. The predicted molar refractivity (Wildman–Crippen MR) is 118 cm³/mol. The van der Waals surface area contributed by atoms with Crippen LogP contribution < -0.4 is 0 Å². The molecule has 5 rings (SSSR count). The van der Waals surface area contributed by atoms with Crippen LogP contribution in [0.15, 0.2) is 59.1 Å². The van der Waals surface area contributed by atoms with Gasteiger partial charge in [0.25, 0.3) is 0 Å². The van der Waals surface area contributed by atoms with E-state index in [9.17, 15) is 0 Å². The molecule has 2 heterocycles. The Hall–Kier alpha value is -1.38. The van der Waals surface area contributed by atoms with E-state index in [2.05, 4.69) is 97.6 Å². The molecule has 3 aliphatic rings. The molecule has 142 valence electrons. The largest absolute Gasteiger partial charge is 0.288 e. The summed E-state index contributed by atoms with van der Waals surface area (Å²) < 4.78 is 1.28. The lowest BCUT2D eigenvalue weighted by atomic mass is 9.57. The zero-order chi connectivity index (χ0) is 19.3. The Balaban J connectivity index is 1.82. The van der Waals surface area contributed by atoms with E-state index in [1.807, 2.05) is 0 Å². The predicted octanol–water partition coefficient (Wildman–Crippen LogP) is 7.16. The van der Waals surface area contributed by atoms with Gasteiger partial charge in [-0.25, -0.2) is 0 Å². The first kappa shape index (κ1) is 19.0. The van der Waals surface area contributed by atoms with Crippen LogP contribution in [0.5, 0.6) is 0 Å². The van der Waals surface area contributed by atoms with Gasteiger partial charge < -0.3 is 0 Å². The molecule has 2 aromatic carbocycles. The van der Waals surface area contributed by atoms with Gasteiger partial charge >= 0.3 is 0 Å². The van der Waals surface area contributed by atoms with Crippen LogP contribution in [0, 0.1) is 12.3 Å². The highest BCUT2D eigenvalue weighted by Gasteiger charge is 2.53. The highest BCUT2D eigenvalue weighted by molar-refractivity contribution is 9.10. The third-order valence-electron chi connectivity index (χ3n) is 6.53. The molecule has 2 bridgehead atoms. The molecular formula is C25H30BrN. The third-order valence-corrected chi connectivity index (χ3v) is 7.23. The van der Waals surface area contributed by atoms with E-state index in [-0.39, 0.29) is 0 Å². The molecule has 0 radical (unpaired) electrons. The molecule has 27 heavy (non-hydrogen) atoms. The van der Waals surface area contributed by atoms with Crippen LogP contribution in [0.1, 0.15) is 67.8 Å². The van der Waals surface area contributed by atoms with Gasteiger partial charge in [-0.1, -0.05) is 77.3 Å². The smallest absolute Gasteiger partial charge is 0.0363 e. The van der Waals surface area contributed by atoms with Crippen molar-refractivity contribution in [2.24, 2.45) is 5.41 Å². The monoisotopic (exact) mass is 423 g/mol. The average molecular weight is 424 g/mol. The summed E-state index contributed by atoms with van der Waals surface area (Å²) in [5.41, 5.74) is 7.42. The van der Waals surface area contributed by atoms with Gasteiger partial charge in [0.05, 0.1) is 0 Å². The molecule has 2 heteroatoms. The fraction of sp³-hybridized carbons (Fsp3) is 0.440. The van der Waals surface area contributed by atoms with Crippen molar-refractivity contribution < 1.29 is 0 Å². The Morgan fingerprint density at radius 2 is 1.96 bits per heavy atom. The maximum atomic E-state index is 4.28. The number of rotatable bonds is 4. The second-order valence-electron chi connectivity index (χ2n) is 9.32. The maximum absolute atomic E-state index is 4.28. The normalized spacial score (nSPS) is 26.0. The zero-order valence-corrected chi connectivity index (χ0v) is 18.5. The van der Waals surface area contributed by atoms with Crippen molar-refractivity contribution in [2.45, 2.75) is 65.1 Å². The number of piperidine rings is 1. The molecule has 0 spiro atoms. The molecule has 1 nitrogen and oxygen atoms in total. The quantitative estimate of drug-likeness (QED) is 0.471. The Bertz CT molecular complexity index is 882. The number of halogens is 1. The fourth-order valence-electron chi connectivity index (χ4n) is 5.57. The topological polar surface area (TPSA) is 3.24 Å². The molecule has 1 fully saturated rings. The van der Waals surface area contributed by atoms with E-state index in [0.717, 1.165) is 13.0 Å². The van der Waals surface area contributed by atoms with E-state index in [1.165, 1.54) is 33.2 Å². The van der Waals surface area contributed by atoms with Crippen molar-refractivity contribution in [1.29, 1.82) is 0 Å². The molecule has 2 aliphatic heterocycles. The van der Waals surface area contributed by atoms with Crippen LogP contribution in [0.3, 0.4) is 0 Å². The van der Waals surface area contributed by atoms with Gasteiger partial charge in [-0.05, 0) is 54.9 Å². The first-order valence-electron chi connectivity index (χ1n) is 10.0. The third kappa shape index (κ3) is 3.32. The van der Waals surface area contributed by atoms with Crippen molar-refractivity contribution >= 4 is 15.9 Å². The number of aryl methyl sites for hydroxylation is 1. The Labute approximate surface area is 172 Å². The Morgan fingerprint density at radius 3 is 2.67 bits per heavy atom. The van der Waals surface area contributed by atoms with E-state index < -0.39 is 0 Å². The van der Waals surface area contributed by atoms with Gasteiger partial charge in [0.15, 0.2) is 0 Å². The highest BCUT2D eigenvalue weighted by atomic mass is 79.9. The Morgan fingerprint density at radius 1 is 1.22 bits per heavy atom. The first-order valence-corrected chi connectivity index (χ1v) is 10.8. The molecular weight excluding hydrogens is 394 g/mol. The zero-order valence-electron chi connectivity index (χ0n) is 16.9. The molecule has 3 atom stereocenters. The fourth-order valence-corrected chi connectivity index (χ4v) is 6.20. The Kier molecular flexibility index (Phi) is 4.84. The van der Waals surface area contributed by atoms with E-state index in [1.54, 1.807) is 5.56 Å². The van der Waals surface area contributed by atoms with E-state index in [0.29, 0.717) is 23.4 Å². The molecule has 2 aromatic rings. The van der Waals surface area contributed by atoms with Gasteiger partial charge in [0.2, 0.25) is 0 Å². The van der Waals surface area contributed by atoms with Gasteiger partial charge in [-0.2, -0.15) is 0 Å². The molecule has 0 saturated carbocycles. The number of hydrogen-bond donors (Lipinski definition) is 0. The van der Waals surface area contributed by atoms with Crippen molar-refractivity contribution in [1.82, 2.24) is 4.90 Å². The number of benzene rings is 2. The molecule has 0 amide bonds. The minimum absolute atomic E-state index is 0.296. The number of fused-ring (bicyclic) bond motifs is 2. The molecule has 0 aromatic heterocycles. The minimum Gasteiger partial charge on any atom is -0.288 e. The van der Waals surface area contributed by atoms with Gasteiger partial charge in [-0.15, -0.1) is 6.58 Å². The van der Waals surface area contributed by atoms with Crippen LogP contribution in [-0.4, -0.2) is 10.9 Å². The van der Waals surface area contributed by atoms with Gasteiger partial charge in [0, 0.05) is 29.0 Å². The summed E-state index contributed by atoms with van der Waals surface area (Å²) >= 11 is 3.88. The van der Waals surface area contributed by atoms with Crippen molar-refractivity contribution in [3.63, 3.8) is 0 Å². The summed E-state index contributed by atoms with van der Waals surface area (Å²) in [4.78, 5) is 2.77. The second-order valence-corrected chi connectivity index (χ2v) is 10.2. The second kappa shape index (κ2) is 6.90. The summed E-state index contributed by atoms with van der Waals surface area (Å²) in [5.74, 6) is 0.523. The lowest BCUT2D eigenvalue weighted by molar-refractivity contribution is -0.0317. The minimum atomic E-state index is 0.296. The van der Waals surface area contributed by atoms with Crippen LogP contribution in [0.4, 0.5) is 0 Å². The summed E-state index contributed by atoms with van der Waals surface area (Å²) in [6, 6.07) is 16.8. The molecule has 1 aliphatic carbocycles. The van der Waals surface area contributed by atoms with E-state index >= 15 is 0 Å². The number of nitrogens with zero attached hydrogens (tertiary/aromatic N) is 1. The SMILES string of the molecule is C=C(C)CC1C2c3c(Br)cccc3C(CC2(C)C)N1Cc1cccc(C)c1. The molecule has 0 N–H and O–H groups in total. The van der Waals surface area contributed by atoms with Crippen LogP contribution >= 0.6 is 15.9 Å². The van der Waals surface area contributed by atoms with Gasteiger partial charge in [0.1, 0.15) is 0 Å². The van der Waals surface area contributed by atoms with Crippen LogP contribution in [0.25, 0.3) is 0 Å². The molecule has 1 saturated heterocycles. The first-order chi connectivity index (χ1) is 12.8. The van der Waals surface area contributed by atoms with Gasteiger partial charge in [-0.3, -0.25) is 4.90 Å². The lowest BCUT2D eigenvalue weighted by Gasteiger charge is -2.60. The average Bonchev–Trinajstić information content (AvgIpc) is 2.57. The van der Waals surface area contributed by atoms with E-state index in [4.69, 9.17) is 0 Å². The van der Waals surface area contributed by atoms with Crippen molar-refractivity contribution in [3.8, 4) is 0 Å². The lowest BCUT2D eigenvalue weighted by Crippen LogP contribution is -2.56. The van der Waals surface area contributed by atoms with Crippen molar-refractivity contribution in [2.75, 3.05) is 0 Å². The summed E-state index contributed by atoms with van der Waals surface area (Å²) in [6.45, 7) is 14.6. The number of hydrogen-bond acceptors (Lipinski definition) is 1. The van der Waals surface area contributed by atoms with Crippen LogP contribution in [0.2, 0.25) is 0 Å². The van der Waals surface area contributed by atoms with Crippen LogP contribution in [-0.2, 0) is 6.54 Å². The van der Waals surface area contributed by atoms with Crippen molar-refractivity contribution in [3.05, 3.63) is 81.3 Å². The summed E-state index contributed by atoms with van der Waals surface area (Å²) in [7, 11) is 0. The molecule has 3 unspecified atom stereocenters. The standard InChI is InChI=1S/C25H30BrN/c1-16(2)12-21-24-23-19(10-7-11-20(23)26)22(14-25(24,4)5)27(21)15-18-9-6-8-17(3)13-18/h6-11,13,21-22,24H,1,12,14-15H2,2-5H3. The summed E-state index contributed by atoms with van der Waals surface area (Å²) in [6.07, 6.45) is 2.29. The maximum Gasteiger partial charge on any atom is 0.0363 e.